The highest BCUT2D eigenvalue weighted by atomic mass is 19.1. The van der Waals surface area contributed by atoms with Gasteiger partial charge in [0, 0.05) is 16.5 Å². The predicted molar refractivity (Wildman–Crippen MR) is 136 cm³/mol. The number of para-hydroxylation sites is 2. The normalized spacial score (nSPS) is 11.1. The summed E-state index contributed by atoms with van der Waals surface area (Å²) in [4.78, 5) is 16.4. The van der Waals surface area contributed by atoms with E-state index in [0.29, 0.717) is 11.3 Å². The molecule has 5 rings (SSSR count). The van der Waals surface area contributed by atoms with Crippen LogP contribution in [0.4, 0.5) is 4.39 Å². The number of halogens is 1. The van der Waals surface area contributed by atoms with E-state index in [4.69, 9.17) is 4.74 Å². The van der Waals surface area contributed by atoms with Crippen molar-refractivity contribution in [3.8, 4) is 17.0 Å². The van der Waals surface area contributed by atoms with Crippen molar-refractivity contribution in [2.24, 2.45) is 5.10 Å². The molecule has 0 aliphatic carbocycles. The van der Waals surface area contributed by atoms with E-state index in [-0.39, 0.29) is 12.4 Å². The third-order valence-corrected chi connectivity index (χ3v) is 5.61. The molecule has 0 saturated heterocycles. The molecule has 0 radical (unpaired) electrons. The second kappa shape index (κ2) is 10.1. The van der Waals surface area contributed by atoms with Gasteiger partial charge in [-0.15, -0.1) is 0 Å². The second-order valence-corrected chi connectivity index (χ2v) is 7.94. The number of amides is 1. The number of carbonyl (C=O) groups is 1. The van der Waals surface area contributed by atoms with Gasteiger partial charge in [-0.1, -0.05) is 72.8 Å². The highest BCUT2D eigenvalue weighted by molar-refractivity contribution is 6.06. The van der Waals surface area contributed by atoms with Gasteiger partial charge in [0.25, 0.3) is 5.91 Å². The minimum atomic E-state index is -0.392. The zero-order chi connectivity index (χ0) is 24.0. The average Bonchev–Trinajstić information content (AvgIpc) is 3.27. The Kier molecular flexibility index (Phi) is 6.35. The Labute approximate surface area is 201 Å². The number of H-pyrrole nitrogens is 1. The van der Waals surface area contributed by atoms with Crippen molar-refractivity contribution in [2.45, 2.75) is 6.61 Å². The Bertz CT molecular complexity index is 1490. The summed E-state index contributed by atoms with van der Waals surface area (Å²) in [5, 5.41) is 5.26. The summed E-state index contributed by atoms with van der Waals surface area (Å²) in [6.45, 7) is 0.212. The summed E-state index contributed by atoms with van der Waals surface area (Å²) in [5.41, 5.74) is 7.58. The van der Waals surface area contributed by atoms with Crippen LogP contribution < -0.4 is 10.2 Å². The van der Waals surface area contributed by atoms with Gasteiger partial charge in [0.15, 0.2) is 0 Å². The number of nitrogens with one attached hydrogen (secondary N) is 2. The fourth-order valence-corrected chi connectivity index (χ4v) is 3.87. The summed E-state index contributed by atoms with van der Waals surface area (Å²) in [6, 6.07) is 30.9. The third kappa shape index (κ3) is 4.96. The Hall–Kier alpha value is -4.71. The Morgan fingerprint density at radius 2 is 1.60 bits per heavy atom. The minimum Gasteiger partial charge on any atom is -0.488 e. The summed E-state index contributed by atoms with van der Waals surface area (Å²) < 4.78 is 19.0. The van der Waals surface area contributed by atoms with Gasteiger partial charge in [0.1, 0.15) is 18.2 Å². The zero-order valence-electron chi connectivity index (χ0n) is 18.7. The van der Waals surface area contributed by atoms with E-state index >= 15 is 0 Å². The van der Waals surface area contributed by atoms with Crippen molar-refractivity contribution in [1.82, 2.24) is 10.4 Å². The van der Waals surface area contributed by atoms with Crippen LogP contribution in [-0.2, 0) is 6.61 Å². The largest absolute Gasteiger partial charge is 0.488 e. The molecule has 5 nitrogen and oxygen atoms in total. The number of rotatable bonds is 7. The molecule has 35 heavy (non-hydrogen) atoms. The molecule has 1 heterocycles. The molecule has 2 N–H and O–H groups in total. The van der Waals surface area contributed by atoms with Crippen molar-refractivity contribution >= 4 is 23.0 Å². The first-order valence-electron chi connectivity index (χ1n) is 11.1. The number of ether oxygens (including phenoxy) is 1. The molecule has 0 saturated carbocycles. The van der Waals surface area contributed by atoms with Crippen LogP contribution in [0.3, 0.4) is 0 Å². The average molecular weight is 464 g/mol. The molecule has 1 amide bonds. The molecule has 0 aliphatic heterocycles. The van der Waals surface area contributed by atoms with Gasteiger partial charge in [-0.2, -0.15) is 5.10 Å². The number of benzene rings is 4. The van der Waals surface area contributed by atoms with Gasteiger partial charge in [-0.3, -0.25) is 4.79 Å². The van der Waals surface area contributed by atoms with E-state index in [9.17, 15) is 9.18 Å². The molecule has 4 aromatic carbocycles. The van der Waals surface area contributed by atoms with Crippen LogP contribution in [0.25, 0.3) is 22.2 Å². The van der Waals surface area contributed by atoms with Crippen LogP contribution in [0.5, 0.6) is 5.75 Å². The number of carbonyl (C=O) groups excluding carboxylic acids is 1. The van der Waals surface area contributed by atoms with E-state index in [1.54, 1.807) is 42.6 Å². The maximum Gasteiger partial charge on any atom is 0.275 e. The van der Waals surface area contributed by atoms with Crippen LogP contribution in [-0.4, -0.2) is 17.1 Å². The molecule has 6 heteroatoms. The number of aromatic amines is 1. The van der Waals surface area contributed by atoms with E-state index < -0.39 is 5.91 Å². The summed E-state index contributed by atoms with van der Waals surface area (Å²) in [7, 11) is 0. The number of hydrogen-bond acceptors (Lipinski definition) is 3. The number of fused-ring (bicyclic) bond motifs is 1. The SMILES string of the molecule is O=C(N/N=C/c1c(-c2ccccc2)[nH]c2ccccc12)c1ccccc1OCc1ccc(F)cc1. The fourth-order valence-electron chi connectivity index (χ4n) is 3.87. The first kappa shape index (κ1) is 22.1. The van der Waals surface area contributed by atoms with Crippen LogP contribution in [0.1, 0.15) is 21.5 Å². The van der Waals surface area contributed by atoms with Gasteiger partial charge in [-0.25, -0.2) is 9.82 Å². The lowest BCUT2D eigenvalue weighted by Crippen LogP contribution is -2.18. The van der Waals surface area contributed by atoms with Gasteiger partial charge in [-0.05, 0) is 41.5 Å². The van der Waals surface area contributed by atoms with E-state index in [0.717, 1.165) is 33.3 Å². The molecule has 0 fully saturated rings. The number of hydrogen-bond donors (Lipinski definition) is 2. The molecule has 0 bridgehead atoms. The number of nitrogens with zero attached hydrogens (tertiary/aromatic N) is 1. The van der Waals surface area contributed by atoms with Crippen LogP contribution >= 0.6 is 0 Å². The Morgan fingerprint density at radius 1 is 0.886 bits per heavy atom. The number of hydrazone groups is 1. The number of aromatic nitrogens is 1. The molecule has 0 atom stereocenters. The first-order valence-corrected chi connectivity index (χ1v) is 11.1. The molecule has 0 spiro atoms. The Morgan fingerprint density at radius 3 is 2.43 bits per heavy atom. The van der Waals surface area contributed by atoms with Crippen LogP contribution in [0.15, 0.2) is 108 Å². The molecule has 0 unspecified atom stereocenters. The van der Waals surface area contributed by atoms with Gasteiger partial charge < -0.3 is 9.72 Å². The fraction of sp³-hybridized carbons (Fsp3) is 0.0345. The maximum absolute atomic E-state index is 13.1. The highest BCUT2D eigenvalue weighted by Gasteiger charge is 2.13. The standard InChI is InChI=1S/C29H22FN3O2/c30-22-16-14-20(15-17-22)19-35-27-13-7-5-11-24(27)29(34)33-31-18-25-23-10-4-6-12-26(23)32-28(25)21-8-2-1-3-9-21/h1-18,32H,19H2,(H,33,34)/b31-18+. The van der Waals surface area contributed by atoms with E-state index in [1.807, 2.05) is 54.6 Å². The molecule has 1 aromatic heterocycles. The van der Waals surface area contributed by atoms with Crippen LogP contribution in [0, 0.1) is 5.82 Å². The van der Waals surface area contributed by atoms with Crippen molar-refractivity contribution in [3.05, 3.63) is 126 Å². The van der Waals surface area contributed by atoms with Gasteiger partial charge in [0.05, 0.1) is 17.5 Å². The quantitative estimate of drug-likeness (QED) is 0.219. The summed E-state index contributed by atoms with van der Waals surface area (Å²) >= 11 is 0. The monoisotopic (exact) mass is 463 g/mol. The molecular weight excluding hydrogens is 441 g/mol. The smallest absolute Gasteiger partial charge is 0.275 e. The first-order chi connectivity index (χ1) is 17.2. The second-order valence-electron chi connectivity index (χ2n) is 7.94. The van der Waals surface area contributed by atoms with E-state index in [1.165, 1.54) is 12.1 Å². The molecule has 0 aliphatic rings. The lowest BCUT2D eigenvalue weighted by molar-refractivity contribution is 0.0950. The van der Waals surface area contributed by atoms with Gasteiger partial charge >= 0.3 is 0 Å². The lowest BCUT2D eigenvalue weighted by Gasteiger charge is -2.10. The van der Waals surface area contributed by atoms with Crippen molar-refractivity contribution in [1.29, 1.82) is 0 Å². The highest BCUT2D eigenvalue weighted by Crippen LogP contribution is 2.29. The van der Waals surface area contributed by atoms with Crippen molar-refractivity contribution in [2.75, 3.05) is 0 Å². The summed E-state index contributed by atoms with van der Waals surface area (Å²) in [6.07, 6.45) is 1.65. The molecule has 172 valence electrons. The summed E-state index contributed by atoms with van der Waals surface area (Å²) in [5.74, 6) is -0.282. The minimum absolute atomic E-state index is 0.212. The Balaban J connectivity index is 1.35. The lowest BCUT2D eigenvalue weighted by atomic mass is 10.1. The van der Waals surface area contributed by atoms with Crippen molar-refractivity contribution in [3.63, 3.8) is 0 Å². The molecular formula is C29H22FN3O2. The maximum atomic E-state index is 13.1. The predicted octanol–water partition coefficient (Wildman–Crippen LogP) is 6.32. The van der Waals surface area contributed by atoms with Crippen LogP contribution in [0.2, 0.25) is 0 Å². The van der Waals surface area contributed by atoms with Crippen molar-refractivity contribution < 1.29 is 13.9 Å². The van der Waals surface area contributed by atoms with E-state index in [2.05, 4.69) is 15.5 Å². The van der Waals surface area contributed by atoms with Gasteiger partial charge in [0.2, 0.25) is 0 Å². The topological polar surface area (TPSA) is 66.5 Å². The third-order valence-electron chi connectivity index (χ3n) is 5.61. The molecule has 5 aromatic rings. The zero-order valence-corrected chi connectivity index (χ0v) is 18.7.